The molecule has 9 rings (SSSR count). The summed E-state index contributed by atoms with van der Waals surface area (Å²) in [5.41, 5.74) is 5.17. The highest BCUT2D eigenvalue weighted by molar-refractivity contribution is 6.24. The molecule has 0 amide bonds. The third kappa shape index (κ3) is 4.41. The van der Waals surface area contributed by atoms with Crippen molar-refractivity contribution in [1.82, 2.24) is 15.0 Å². The van der Waals surface area contributed by atoms with Gasteiger partial charge in [-0.1, -0.05) is 158 Å². The molecule has 0 unspecified atom stereocenters. The van der Waals surface area contributed by atoms with Gasteiger partial charge in [0.1, 0.15) is 0 Å². The highest BCUT2D eigenvalue weighted by Crippen LogP contribution is 2.39. The van der Waals surface area contributed by atoms with E-state index >= 15 is 0 Å². The van der Waals surface area contributed by atoms with Crippen molar-refractivity contribution in [2.75, 3.05) is 0 Å². The van der Waals surface area contributed by atoms with Crippen LogP contribution in [0.4, 0.5) is 0 Å². The molecule has 0 spiro atoms. The van der Waals surface area contributed by atoms with Crippen LogP contribution in [0.2, 0.25) is 0 Å². The van der Waals surface area contributed by atoms with Gasteiger partial charge in [-0.3, -0.25) is 0 Å². The molecule has 0 N–H and O–H groups in total. The van der Waals surface area contributed by atoms with Crippen LogP contribution in [0.25, 0.3) is 88.4 Å². The lowest BCUT2D eigenvalue weighted by Crippen LogP contribution is -2.00. The SMILES string of the molecule is c1ccc(-c2nc(-c3ccccc3)nc(-c3cccc(-c4cccc5ccc6c7ccc8ccccc8c7ccc6c45)c3)n2)cc1. The van der Waals surface area contributed by atoms with Crippen molar-refractivity contribution in [2.45, 2.75) is 0 Å². The molecule has 1 heterocycles. The molecule has 0 aliphatic rings. The molecular formula is C43H27N3. The normalized spacial score (nSPS) is 11.5. The average Bonchev–Trinajstić information content (AvgIpc) is 3.14. The van der Waals surface area contributed by atoms with Gasteiger partial charge in [-0.25, -0.2) is 15.0 Å². The summed E-state index contributed by atoms with van der Waals surface area (Å²) in [6.07, 6.45) is 0. The van der Waals surface area contributed by atoms with E-state index in [0.29, 0.717) is 17.5 Å². The van der Waals surface area contributed by atoms with E-state index in [9.17, 15) is 0 Å². The first-order chi connectivity index (χ1) is 22.8. The Bertz CT molecular complexity index is 2520. The van der Waals surface area contributed by atoms with Gasteiger partial charge in [0.2, 0.25) is 0 Å². The summed E-state index contributed by atoms with van der Waals surface area (Å²) in [7, 11) is 0. The Labute approximate surface area is 266 Å². The number of rotatable bonds is 4. The van der Waals surface area contributed by atoms with Crippen LogP contribution in [0.3, 0.4) is 0 Å². The quantitative estimate of drug-likeness (QED) is 0.193. The minimum absolute atomic E-state index is 0.650. The molecule has 3 heteroatoms. The summed E-state index contributed by atoms with van der Waals surface area (Å²) in [5, 5.41) is 10.1. The van der Waals surface area contributed by atoms with Gasteiger partial charge in [-0.2, -0.15) is 0 Å². The van der Waals surface area contributed by atoms with E-state index in [1.54, 1.807) is 0 Å². The Morgan fingerprint density at radius 1 is 0.283 bits per heavy atom. The second-order valence-electron chi connectivity index (χ2n) is 11.6. The van der Waals surface area contributed by atoms with Crippen molar-refractivity contribution in [3.05, 3.63) is 164 Å². The number of aromatic nitrogens is 3. The molecule has 0 saturated heterocycles. The van der Waals surface area contributed by atoms with Crippen LogP contribution in [-0.4, -0.2) is 15.0 Å². The Hall–Kier alpha value is -6.19. The zero-order chi connectivity index (χ0) is 30.5. The van der Waals surface area contributed by atoms with Gasteiger partial charge in [0.05, 0.1) is 0 Å². The molecular weight excluding hydrogens is 558 g/mol. The van der Waals surface area contributed by atoms with Gasteiger partial charge < -0.3 is 0 Å². The molecule has 0 fully saturated rings. The Morgan fingerprint density at radius 2 is 0.761 bits per heavy atom. The summed E-state index contributed by atoms with van der Waals surface area (Å²) < 4.78 is 0. The van der Waals surface area contributed by atoms with E-state index in [2.05, 4.69) is 103 Å². The molecule has 0 saturated carbocycles. The maximum Gasteiger partial charge on any atom is 0.164 e. The van der Waals surface area contributed by atoms with Gasteiger partial charge >= 0.3 is 0 Å². The summed E-state index contributed by atoms with van der Waals surface area (Å²) in [6, 6.07) is 57.6. The fraction of sp³-hybridized carbons (Fsp3) is 0. The van der Waals surface area contributed by atoms with E-state index in [1.165, 1.54) is 48.7 Å². The number of hydrogen-bond acceptors (Lipinski definition) is 3. The van der Waals surface area contributed by atoms with Gasteiger partial charge in [0.15, 0.2) is 17.5 Å². The molecule has 0 aliphatic heterocycles. The van der Waals surface area contributed by atoms with Crippen LogP contribution in [0, 0.1) is 0 Å². The van der Waals surface area contributed by atoms with E-state index < -0.39 is 0 Å². The lowest BCUT2D eigenvalue weighted by molar-refractivity contribution is 1.07. The number of hydrogen-bond donors (Lipinski definition) is 0. The molecule has 0 bridgehead atoms. The Balaban J connectivity index is 1.24. The molecule has 9 aromatic rings. The zero-order valence-corrected chi connectivity index (χ0v) is 24.9. The maximum absolute atomic E-state index is 4.98. The largest absolute Gasteiger partial charge is 0.208 e. The monoisotopic (exact) mass is 585 g/mol. The van der Waals surface area contributed by atoms with Crippen LogP contribution in [0.5, 0.6) is 0 Å². The van der Waals surface area contributed by atoms with Crippen LogP contribution < -0.4 is 0 Å². The van der Waals surface area contributed by atoms with E-state index in [1.807, 2.05) is 60.7 Å². The fourth-order valence-corrected chi connectivity index (χ4v) is 6.70. The molecule has 1 aromatic heterocycles. The van der Waals surface area contributed by atoms with Crippen LogP contribution in [0.15, 0.2) is 164 Å². The third-order valence-electron chi connectivity index (χ3n) is 8.89. The van der Waals surface area contributed by atoms with E-state index in [-0.39, 0.29) is 0 Å². The Kier molecular flexibility index (Phi) is 6.14. The second kappa shape index (κ2) is 10.8. The molecule has 214 valence electrons. The molecule has 0 atom stereocenters. The third-order valence-corrected chi connectivity index (χ3v) is 8.89. The van der Waals surface area contributed by atoms with Crippen molar-refractivity contribution in [1.29, 1.82) is 0 Å². The first-order valence-electron chi connectivity index (χ1n) is 15.5. The summed E-state index contributed by atoms with van der Waals surface area (Å²) in [4.78, 5) is 14.8. The average molecular weight is 586 g/mol. The lowest BCUT2D eigenvalue weighted by Gasteiger charge is -2.14. The number of fused-ring (bicyclic) bond motifs is 7. The molecule has 46 heavy (non-hydrogen) atoms. The molecule has 3 nitrogen and oxygen atoms in total. The lowest BCUT2D eigenvalue weighted by atomic mass is 9.90. The van der Waals surface area contributed by atoms with Crippen molar-refractivity contribution < 1.29 is 0 Å². The summed E-state index contributed by atoms with van der Waals surface area (Å²) >= 11 is 0. The zero-order valence-electron chi connectivity index (χ0n) is 24.9. The molecule has 0 radical (unpaired) electrons. The topological polar surface area (TPSA) is 38.7 Å². The highest BCUT2D eigenvalue weighted by Gasteiger charge is 2.15. The summed E-state index contributed by atoms with van der Waals surface area (Å²) in [5.74, 6) is 1.97. The smallest absolute Gasteiger partial charge is 0.164 e. The van der Waals surface area contributed by atoms with Gasteiger partial charge in [-0.15, -0.1) is 0 Å². The summed E-state index contributed by atoms with van der Waals surface area (Å²) in [6.45, 7) is 0. The number of nitrogens with zero attached hydrogens (tertiary/aromatic N) is 3. The maximum atomic E-state index is 4.98. The fourth-order valence-electron chi connectivity index (χ4n) is 6.70. The first kappa shape index (κ1) is 26.2. The Morgan fingerprint density at radius 3 is 1.50 bits per heavy atom. The van der Waals surface area contributed by atoms with Crippen molar-refractivity contribution in [3.63, 3.8) is 0 Å². The van der Waals surface area contributed by atoms with Crippen molar-refractivity contribution >= 4 is 43.1 Å². The minimum Gasteiger partial charge on any atom is -0.208 e. The molecule has 8 aromatic carbocycles. The predicted octanol–water partition coefficient (Wildman–Crippen LogP) is 11.2. The van der Waals surface area contributed by atoms with Crippen LogP contribution >= 0.6 is 0 Å². The highest BCUT2D eigenvalue weighted by atomic mass is 15.0. The molecule has 0 aliphatic carbocycles. The van der Waals surface area contributed by atoms with E-state index in [0.717, 1.165) is 22.3 Å². The van der Waals surface area contributed by atoms with Gasteiger partial charge in [0, 0.05) is 16.7 Å². The standard InChI is InChI=1S/C43H27N3/c1-3-12-30(13-4-1)41-44-42(31-14-5-2-6-15-31)46-43(45-41)33-18-9-17-32(27-33)35-20-10-16-29-22-24-38-37-23-21-28-11-7-8-19-34(28)36(37)25-26-39(38)40(29)35/h1-27H. The van der Waals surface area contributed by atoms with Gasteiger partial charge in [0.25, 0.3) is 0 Å². The van der Waals surface area contributed by atoms with E-state index in [4.69, 9.17) is 15.0 Å². The van der Waals surface area contributed by atoms with Crippen LogP contribution in [-0.2, 0) is 0 Å². The van der Waals surface area contributed by atoms with Crippen molar-refractivity contribution in [2.24, 2.45) is 0 Å². The van der Waals surface area contributed by atoms with Crippen molar-refractivity contribution in [3.8, 4) is 45.3 Å². The number of benzene rings is 8. The second-order valence-corrected chi connectivity index (χ2v) is 11.6. The van der Waals surface area contributed by atoms with Gasteiger partial charge in [-0.05, 0) is 60.3 Å². The minimum atomic E-state index is 0.650. The predicted molar refractivity (Wildman–Crippen MR) is 192 cm³/mol. The van der Waals surface area contributed by atoms with Crippen LogP contribution in [0.1, 0.15) is 0 Å². The first-order valence-corrected chi connectivity index (χ1v) is 15.5.